The Bertz CT molecular complexity index is 761. The molecule has 1 aliphatic rings. The molecule has 0 bridgehead atoms. The van der Waals surface area contributed by atoms with Crippen molar-refractivity contribution in [1.82, 2.24) is 15.1 Å². The topological polar surface area (TPSA) is 35.6 Å². The van der Waals surface area contributed by atoms with E-state index in [2.05, 4.69) is 34.3 Å². The number of amides is 1. The zero-order chi connectivity index (χ0) is 19.2. The molecule has 1 heterocycles. The van der Waals surface area contributed by atoms with E-state index in [0.29, 0.717) is 6.54 Å². The Balaban J connectivity index is 1.66. The Hall–Kier alpha value is -2.31. The van der Waals surface area contributed by atoms with Crippen LogP contribution in [0.1, 0.15) is 15.9 Å². The molecule has 1 fully saturated rings. The zero-order valence-electron chi connectivity index (χ0n) is 15.5. The summed E-state index contributed by atoms with van der Waals surface area (Å²) in [6.45, 7) is 4.31. The van der Waals surface area contributed by atoms with Crippen LogP contribution >= 0.6 is 0 Å². The molecule has 27 heavy (non-hydrogen) atoms. The summed E-state index contributed by atoms with van der Waals surface area (Å²) in [6.07, 6.45) is 0.822. The van der Waals surface area contributed by atoms with E-state index < -0.39 is 11.6 Å². The van der Waals surface area contributed by atoms with Gasteiger partial charge in [-0.05, 0) is 37.2 Å². The fourth-order valence-corrected chi connectivity index (χ4v) is 3.35. The van der Waals surface area contributed by atoms with Crippen LogP contribution in [-0.2, 0) is 6.42 Å². The number of likely N-dealkylation sites (N-methyl/N-ethyl adjacent to an activating group) is 1. The number of nitrogens with one attached hydrogen (secondary N) is 1. The van der Waals surface area contributed by atoms with Gasteiger partial charge in [0.25, 0.3) is 5.91 Å². The molecule has 1 N–H and O–H groups in total. The maximum Gasteiger partial charge on any atom is 0.251 e. The van der Waals surface area contributed by atoms with Gasteiger partial charge in [-0.3, -0.25) is 9.69 Å². The quantitative estimate of drug-likeness (QED) is 0.845. The number of nitrogens with zero attached hydrogens (tertiary/aromatic N) is 2. The van der Waals surface area contributed by atoms with Crippen LogP contribution in [0.3, 0.4) is 0 Å². The van der Waals surface area contributed by atoms with Crippen molar-refractivity contribution in [2.45, 2.75) is 12.5 Å². The molecule has 0 aromatic heterocycles. The molecule has 2 aromatic rings. The van der Waals surface area contributed by atoms with Gasteiger partial charge in [0.1, 0.15) is 0 Å². The molecular weight excluding hydrogens is 348 g/mol. The highest BCUT2D eigenvalue weighted by molar-refractivity contribution is 5.94. The number of halogens is 2. The second-order valence-corrected chi connectivity index (χ2v) is 7.02. The minimum absolute atomic E-state index is 0.130. The van der Waals surface area contributed by atoms with Crippen molar-refractivity contribution in [3.05, 3.63) is 71.3 Å². The minimum atomic E-state index is -1.01. The second-order valence-electron chi connectivity index (χ2n) is 7.02. The molecule has 1 amide bonds. The van der Waals surface area contributed by atoms with Gasteiger partial charge in [-0.2, -0.15) is 0 Å². The van der Waals surface area contributed by atoms with Crippen LogP contribution in [0.4, 0.5) is 8.78 Å². The van der Waals surface area contributed by atoms with Crippen molar-refractivity contribution in [3.63, 3.8) is 0 Å². The highest BCUT2D eigenvalue weighted by Crippen LogP contribution is 2.13. The number of rotatable bonds is 6. The molecule has 0 spiro atoms. The highest BCUT2D eigenvalue weighted by atomic mass is 19.2. The van der Waals surface area contributed by atoms with E-state index in [1.165, 1.54) is 11.6 Å². The molecule has 0 saturated carbocycles. The SMILES string of the molecule is CN1CCN(C(CNC(=O)c2ccc(F)c(F)c2)Cc2ccccc2)CC1. The molecule has 1 unspecified atom stereocenters. The Kier molecular flexibility index (Phi) is 6.53. The Morgan fingerprint density at radius 3 is 2.41 bits per heavy atom. The lowest BCUT2D eigenvalue weighted by Crippen LogP contribution is -2.53. The van der Waals surface area contributed by atoms with Crippen molar-refractivity contribution in [2.24, 2.45) is 0 Å². The van der Waals surface area contributed by atoms with Gasteiger partial charge < -0.3 is 10.2 Å². The van der Waals surface area contributed by atoms with Crippen molar-refractivity contribution in [1.29, 1.82) is 0 Å². The predicted molar refractivity (Wildman–Crippen MR) is 102 cm³/mol. The Labute approximate surface area is 158 Å². The molecule has 0 radical (unpaired) electrons. The normalized spacial score (nSPS) is 16.9. The molecule has 144 valence electrons. The molecule has 0 aliphatic carbocycles. The molecule has 4 nitrogen and oxygen atoms in total. The predicted octanol–water partition coefficient (Wildman–Crippen LogP) is 2.55. The van der Waals surface area contributed by atoms with Gasteiger partial charge in [-0.25, -0.2) is 8.78 Å². The van der Waals surface area contributed by atoms with E-state index in [1.807, 2.05) is 18.2 Å². The number of piperazine rings is 1. The van der Waals surface area contributed by atoms with Crippen LogP contribution in [0.25, 0.3) is 0 Å². The van der Waals surface area contributed by atoms with Crippen LogP contribution in [0, 0.1) is 11.6 Å². The largest absolute Gasteiger partial charge is 0.350 e. The monoisotopic (exact) mass is 373 g/mol. The molecular formula is C21H25F2N3O. The number of carbonyl (C=O) groups excluding carboxylic acids is 1. The molecule has 3 rings (SSSR count). The number of hydrogen-bond donors (Lipinski definition) is 1. The third kappa shape index (κ3) is 5.34. The van der Waals surface area contributed by atoms with E-state index in [0.717, 1.165) is 44.7 Å². The van der Waals surface area contributed by atoms with Crippen molar-refractivity contribution >= 4 is 5.91 Å². The number of hydrogen-bond acceptors (Lipinski definition) is 3. The molecule has 6 heteroatoms. The first kappa shape index (κ1) is 19.5. The van der Waals surface area contributed by atoms with E-state index in [9.17, 15) is 13.6 Å². The minimum Gasteiger partial charge on any atom is -0.350 e. The molecule has 1 atom stereocenters. The maximum absolute atomic E-state index is 13.4. The van der Waals surface area contributed by atoms with Crippen molar-refractivity contribution in [2.75, 3.05) is 39.8 Å². The standard InChI is InChI=1S/C21H25F2N3O/c1-25-9-11-26(12-10-25)18(13-16-5-3-2-4-6-16)15-24-21(27)17-7-8-19(22)20(23)14-17/h2-8,14,18H,9-13,15H2,1H3,(H,24,27). The first-order chi connectivity index (χ1) is 13.0. The Morgan fingerprint density at radius 2 is 1.74 bits per heavy atom. The van der Waals surface area contributed by atoms with E-state index >= 15 is 0 Å². The summed E-state index contributed by atoms with van der Waals surface area (Å²) in [6, 6.07) is 13.5. The van der Waals surface area contributed by atoms with Gasteiger partial charge >= 0.3 is 0 Å². The first-order valence-electron chi connectivity index (χ1n) is 9.22. The summed E-state index contributed by atoms with van der Waals surface area (Å²) < 4.78 is 26.5. The summed E-state index contributed by atoms with van der Waals surface area (Å²) in [5.41, 5.74) is 1.34. The van der Waals surface area contributed by atoms with Crippen LogP contribution in [0.2, 0.25) is 0 Å². The van der Waals surface area contributed by atoms with Gasteiger partial charge in [0.2, 0.25) is 0 Å². The van der Waals surface area contributed by atoms with E-state index in [-0.39, 0.29) is 17.5 Å². The van der Waals surface area contributed by atoms with Gasteiger partial charge in [0, 0.05) is 44.3 Å². The maximum atomic E-state index is 13.4. The smallest absolute Gasteiger partial charge is 0.251 e. The van der Waals surface area contributed by atoms with Crippen molar-refractivity contribution in [3.8, 4) is 0 Å². The zero-order valence-corrected chi connectivity index (χ0v) is 15.5. The van der Waals surface area contributed by atoms with Crippen LogP contribution in [0.5, 0.6) is 0 Å². The fourth-order valence-electron chi connectivity index (χ4n) is 3.35. The third-order valence-corrected chi connectivity index (χ3v) is 5.05. The third-order valence-electron chi connectivity index (χ3n) is 5.05. The van der Waals surface area contributed by atoms with Gasteiger partial charge in [0.05, 0.1) is 0 Å². The highest BCUT2D eigenvalue weighted by Gasteiger charge is 2.23. The lowest BCUT2D eigenvalue weighted by Gasteiger charge is -2.38. The first-order valence-corrected chi connectivity index (χ1v) is 9.22. The van der Waals surface area contributed by atoms with E-state index in [1.54, 1.807) is 0 Å². The van der Waals surface area contributed by atoms with Gasteiger partial charge in [0.15, 0.2) is 11.6 Å². The summed E-state index contributed by atoms with van der Waals surface area (Å²) in [7, 11) is 2.11. The number of carbonyl (C=O) groups is 1. The summed E-state index contributed by atoms with van der Waals surface area (Å²) in [4.78, 5) is 17.0. The Morgan fingerprint density at radius 1 is 1.04 bits per heavy atom. The summed E-state index contributed by atoms with van der Waals surface area (Å²) in [5.74, 6) is -2.35. The van der Waals surface area contributed by atoms with Gasteiger partial charge in [-0.1, -0.05) is 30.3 Å². The summed E-state index contributed by atoms with van der Waals surface area (Å²) >= 11 is 0. The second kappa shape index (κ2) is 9.06. The molecule has 1 aliphatic heterocycles. The van der Waals surface area contributed by atoms with Crippen LogP contribution < -0.4 is 5.32 Å². The number of benzene rings is 2. The molecule has 2 aromatic carbocycles. The fraction of sp³-hybridized carbons (Fsp3) is 0.381. The van der Waals surface area contributed by atoms with Crippen LogP contribution in [0.15, 0.2) is 48.5 Å². The van der Waals surface area contributed by atoms with E-state index in [4.69, 9.17) is 0 Å². The lowest BCUT2D eigenvalue weighted by atomic mass is 10.0. The van der Waals surface area contributed by atoms with Crippen molar-refractivity contribution < 1.29 is 13.6 Å². The average molecular weight is 373 g/mol. The molecule has 1 saturated heterocycles. The van der Waals surface area contributed by atoms with Crippen LogP contribution in [-0.4, -0.2) is 61.5 Å². The average Bonchev–Trinajstić information content (AvgIpc) is 2.68. The van der Waals surface area contributed by atoms with Gasteiger partial charge in [-0.15, -0.1) is 0 Å². The summed E-state index contributed by atoms with van der Waals surface area (Å²) in [5, 5.41) is 2.89. The lowest BCUT2D eigenvalue weighted by molar-refractivity contribution is 0.0885.